The number of nitrogens with one attached hydrogen (secondary N) is 1. The number of likely N-dealkylation sites (tertiary alicyclic amines) is 1. The number of benzene rings is 1. The Balaban J connectivity index is 0.00000208. The SMILES string of the molecule is Cl.O=c1cc(-c2ccc(OCCCN3CCCCC3)cc2)cn[nH]1. The third-order valence-corrected chi connectivity index (χ3v) is 4.19. The van der Waals surface area contributed by atoms with Gasteiger partial charge in [-0.05, 0) is 50.0 Å². The molecule has 1 aromatic heterocycles. The lowest BCUT2D eigenvalue weighted by Crippen LogP contribution is -2.31. The molecule has 5 nitrogen and oxygen atoms in total. The highest BCUT2D eigenvalue weighted by atomic mass is 35.5. The smallest absolute Gasteiger partial charge is 0.264 e. The number of aromatic amines is 1. The molecule has 0 bridgehead atoms. The lowest BCUT2D eigenvalue weighted by molar-refractivity contribution is 0.205. The zero-order chi connectivity index (χ0) is 15.9. The number of piperidine rings is 1. The Morgan fingerprint density at radius 1 is 1.08 bits per heavy atom. The van der Waals surface area contributed by atoms with E-state index in [4.69, 9.17) is 4.74 Å². The van der Waals surface area contributed by atoms with Gasteiger partial charge in [-0.15, -0.1) is 12.4 Å². The van der Waals surface area contributed by atoms with Gasteiger partial charge in [0, 0.05) is 18.2 Å². The third kappa shape index (κ3) is 5.35. The van der Waals surface area contributed by atoms with Crippen molar-refractivity contribution in [3.63, 3.8) is 0 Å². The fourth-order valence-electron chi connectivity index (χ4n) is 2.94. The Bertz CT molecular complexity index is 666. The molecule has 1 aliphatic heterocycles. The van der Waals surface area contributed by atoms with Crippen molar-refractivity contribution in [3.05, 3.63) is 46.9 Å². The van der Waals surface area contributed by atoms with E-state index in [0.717, 1.165) is 36.4 Å². The van der Waals surface area contributed by atoms with Crippen molar-refractivity contribution >= 4 is 12.4 Å². The Hall–Kier alpha value is -1.85. The Labute approximate surface area is 148 Å². The molecule has 1 saturated heterocycles. The topological polar surface area (TPSA) is 58.2 Å². The van der Waals surface area contributed by atoms with Gasteiger partial charge in [-0.1, -0.05) is 18.6 Å². The fraction of sp³-hybridized carbons (Fsp3) is 0.444. The predicted octanol–water partition coefficient (Wildman–Crippen LogP) is 3.11. The molecule has 2 aromatic rings. The van der Waals surface area contributed by atoms with E-state index in [9.17, 15) is 4.79 Å². The van der Waals surface area contributed by atoms with Crippen LogP contribution in [0, 0.1) is 0 Å². The van der Waals surface area contributed by atoms with Crippen LogP contribution in [0.2, 0.25) is 0 Å². The summed E-state index contributed by atoms with van der Waals surface area (Å²) in [5.41, 5.74) is 1.58. The maximum atomic E-state index is 11.3. The minimum Gasteiger partial charge on any atom is -0.494 e. The molecule has 24 heavy (non-hydrogen) atoms. The Morgan fingerprint density at radius 2 is 1.83 bits per heavy atom. The van der Waals surface area contributed by atoms with E-state index >= 15 is 0 Å². The van der Waals surface area contributed by atoms with E-state index in [-0.39, 0.29) is 18.0 Å². The van der Waals surface area contributed by atoms with Gasteiger partial charge in [-0.3, -0.25) is 4.79 Å². The number of hydrogen-bond donors (Lipinski definition) is 1. The van der Waals surface area contributed by atoms with Crippen molar-refractivity contribution in [2.24, 2.45) is 0 Å². The van der Waals surface area contributed by atoms with E-state index in [1.165, 1.54) is 32.4 Å². The van der Waals surface area contributed by atoms with Crippen molar-refractivity contribution < 1.29 is 4.74 Å². The van der Waals surface area contributed by atoms with E-state index in [1.807, 2.05) is 24.3 Å². The molecule has 6 heteroatoms. The van der Waals surface area contributed by atoms with Gasteiger partial charge in [0.15, 0.2) is 0 Å². The lowest BCUT2D eigenvalue weighted by Gasteiger charge is -2.26. The van der Waals surface area contributed by atoms with E-state index in [2.05, 4.69) is 15.1 Å². The van der Waals surface area contributed by atoms with Crippen LogP contribution in [0.1, 0.15) is 25.7 Å². The van der Waals surface area contributed by atoms with Crippen molar-refractivity contribution in [3.8, 4) is 16.9 Å². The van der Waals surface area contributed by atoms with Crippen molar-refractivity contribution in [1.29, 1.82) is 0 Å². The maximum absolute atomic E-state index is 11.3. The second-order valence-corrected chi connectivity index (χ2v) is 5.96. The van der Waals surface area contributed by atoms with Crippen LogP contribution < -0.4 is 10.3 Å². The molecule has 1 aromatic carbocycles. The highest BCUT2D eigenvalue weighted by molar-refractivity contribution is 5.85. The quantitative estimate of drug-likeness (QED) is 0.814. The van der Waals surface area contributed by atoms with Crippen LogP contribution in [-0.4, -0.2) is 41.3 Å². The molecular weight excluding hydrogens is 326 g/mol. The number of rotatable bonds is 6. The van der Waals surface area contributed by atoms with Gasteiger partial charge < -0.3 is 9.64 Å². The first kappa shape index (κ1) is 18.5. The Morgan fingerprint density at radius 3 is 2.54 bits per heavy atom. The summed E-state index contributed by atoms with van der Waals surface area (Å²) in [6.07, 6.45) is 6.75. The van der Waals surface area contributed by atoms with Crippen molar-refractivity contribution in [2.75, 3.05) is 26.2 Å². The van der Waals surface area contributed by atoms with Crippen LogP contribution in [0.15, 0.2) is 41.3 Å². The number of ether oxygens (including phenoxy) is 1. The standard InChI is InChI=1S/C18H23N3O2.ClH/c22-18-13-16(14-19-20-18)15-5-7-17(8-6-15)23-12-4-11-21-9-2-1-3-10-21;/h5-8,13-14H,1-4,9-12H2,(H,20,22);1H. The van der Waals surface area contributed by atoms with Crippen LogP contribution in [0.25, 0.3) is 11.1 Å². The maximum Gasteiger partial charge on any atom is 0.264 e. The lowest BCUT2D eigenvalue weighted by atomic mass is 10.1. The summed E-state index contributed by atoms with van der Waals surface area (Å²) in [6, 6.07) is 9.34. The number of H-pyrrole nitrogens is 1. The highest BCUT2D eigenvalue weighted by Gasteiger charge is 2.09. The predicted molar refractivity (Wildman–Crippen MR) is 97.9 cm³/mol. The summed E-state index contributed by atoms with van der Waals surface area (Å²) in [6.45, 7) is 4.33. The average molecular weight is 350 g/mol. The zero-order valence-corrected chi connectivity index (χ0v) is 14.6. The first-order valence-corrected chi connectivity index (χ1v) is 8.31. The minimum atomic E-state index is -0.194. The number of hydrogen-bond acceptors (Lipinski definition) is 4. The molecular formula is C18H24ClN3O2. The molecule has 1 fully saturated rings. The van der Waals surface area contributed by atoms with Gasteiger partial charge in [0.25, 0.3) is 5.56 Å². The zero-order valence-electron chi connectivity index (χ0n) is 13.7. The van der Waals surface area contributed by atoms with E-state index in [0.29, 0.717) is 0 Å². The van der Waals surface area contributed by atoms with Crippen molar-refractivity contribution in [2.45, 2.75) is 25.7 Å². The number of halogens is 1. The number of aromatic nitrogens is 2. The fourth-order valence-corrected chi connectivity index (χ4v) is 2.94. The molecule has 0 saturated carbocycles. The van der Waals surface area contributed by atoms with E-state index < -0.39 is 0 Å². The van der Waals surface area contributed by atoms with Crippen LogP contribution in [0.5, 0.6) is 5.75 Å². The third-order valence-electron chi connectivity index (χ3n) is 4.19. The molecule has 2 heterocycles. The molecule has 0 radical (unpaired) electrons. The summed E-state index contributed by atoms with van der Waals surface area (Å²) < 4.78 is 5.80. The molecule has 0 spiro atoms. The summed E-state index contributed by atoms with van der Waals surface area (Å²) >= 11 is 0. The molecule has 0 atom stereocenters. The summed E-state index contributed by atoms with van der Waals surface area (Å²) in [5, 5.41) is 6.19. The second kappa shape index (κ2) is 9.45. The first-order valence-electron chi connectivity index (χ1n) is 8.31. The van der Waals surface area contributed by atoms with Gasteiger partial charge in [0.05, 0.1) is 12.8 Å². The van der Waals surface area contributed by atoms with E-state index in [1.54, 1.807) is 12.3 Å². The normalized spacial score (nSPS) is 14.8. The molecule has 3 rings (SSSR count). The van der Waals surface area contributed by atoms with Gasteiger partial charge in [-0.2, -0.15) is 5.10 Å². The van der Waals surface area contributed by atoms with Crippen LogP contribution >= 0.6 is 12.4 Å². The molecule has 1 aliphatic rings. The summed E-state index contributed by atoms with van der Waals surface area (Å²) in [5.74, 6) is 0.866. The number of nitrogens with zero attached hydrogens (tertiary/aromatic N) is 2. The first-order chi connectivity index (χ1) is 11.3. The van der Waals surface area contributed by atoms with Gasteiger partial charge >= 0.3 is 0 Å². The monoisotopic (exact) mass is 349 g/mol. The van der Waals surface area contributed by atoms with Crippen LogP contribution in [-0.2, 0) is 0 Å². The van der Waals surface area contributed by atoms with Gasteiger partial charge in [0.1, 0.15) is 5.75 Å². The summed E-state index contributed by atoms with van der Waals surface area (Å²) in [4.78, 5) is 13.8. The molecule has 1 N–H and O–H groups in total. The van der Waals surface area contributed by atoms with Gasteiger partial charge in [0.2, 0.25) is 0 Å². The highest BCUT2D eigenvalue weighted by Crippen LogP contribution is 2.20. The molecule has 0 amide bonds. The molecule has 130 valence electrons. The molecule has 0 aliphatic carbocycles. The minimum absolute atomic E-state index is 0. The van der Waals surface area contributed by atoms with Crippen LogP contribution in [0.3, 0.4) is 0 Å². The van der Waals surface area contributed by atoms with Crippen molar-refractivity contribution in [1.82, 2.24) is 15.1 Å². The largest absolute Gasteiger partial charge is 0.494 e. The Kier molecular flexibility index (Phi) is 7.28. The average Bonchev–Trinajstić information content (AvgIpc) is 2.60. The summed E-state index contributed by atoms with van der Waals surface area (Å²) in [7, 11) is 0. The van der Waals surface area contributed by atoms with Crippen LogP contribution in [0.4, 0.5) is 0 Å². The molecule has 0 unspecified atom stereocenters. The van der Waals surface area contributed by atoms with Gasteiger partial charge in [-0.25, -0.2) is 5.10 Å². The second-order valence-electron chi connectivity index (χ2n) is 5.96.